The molecule has 2 rings (SSSR count). The van der Waals surface area contributed by atoms with E-state index in [1.807, 2.05) is 0 Å². The normalized spacial score (nSPS) is 18.1. The quantitative estimate of drug-likeness (QED) is 0.829. The summed E-state index contributed by atoms with van der Waals surface area (Å²) in [7, 11) is 0. The highest BCUT2D eigenvalue weighted by Crippen LogP contribution is 2.31. The van der Waals surface area contributed by atoms with Gasteiger partial charge in [-0.05, 0) is 37.4 Å². The molecule has 1 atom stereocenters. The maximum Gasteiger partial charge on any atom is 0.141 e. The highest BCUT2D eigenvalue weighted by Gasteiger charge is 2.18. The molecule has 1 aromatic heterocycles. The average Bonchev–Trinajstić information content (AvgIpc) is 2.89. The standard InChI is InChI=1S/C15H23FN2/c1-2-17-14(9-7-12-5-3-4-6-12)15-10-8-13(16)11-18-15/h8,10-12,14,17H,2-7,9H2,1H3. The number of pyridine rings is 1. The highest BCUT2D eigenvalue weighted by molar-refractivity contribution is 5.09. The van der Waals surface area contributed by atoms with Crippen LogP contribution in [0.3, 0.4) is 0 Å². The van der Waals surface area contributed by atoms with Gasteiger partial charge < -0.3 is 5.32 Å². The third-order valence-electron chi connectivity index (χ3n) is 3.90. The zero-order valence-electron chi connectivity index (χ0n) is 11.2. The van der Waals surface area contributed by atoms with E-state index in [0.29, 0.717) is 0 Å². The summed E-state index contributed by atoms with van der Waals surface area (Å²) >= 11 is 0. The van der Waals surface area contributed by atoms with Gasteiger partial charge in [0.1, 0.15) is 5.82 Å². The van der Waals surface area contributed by atoms with Gasteiger partial charge in [0.25, 0.3) is 0 Å². The van der Waals surface area contributed by atoms with Gasteiger partial charge in [0, 0.05) is 6.04 Å². The Balaban J connectivity index is 1.91. The molecule has 0 aliphatic heterocycles. The molecular formula is C15H23FN2. The maximum atomic E-state index is 12.9. The number of nitrogens with zero attached hydrogens (tertiary/aromatic N) is 1. The van der Waals surface area contributed by atoms with Gasteiger partial charge in [-0.2, -0.15) is 0 Å². The van der Waals surface area contributed by atoms with Crippen molar-refractivity contribution in [2.75, 3.05) is 6.54 Å². The summed E-state index contributed by atoms with van der Waals surface area (Å²) < 4.78 is 12.9. The van der Waals surface area contributed by atoms with Crippen molar-refractivity contribution in [3.8, 4) is 0 Å². The van der Waals surface area contributed by atoms with Crippen molar-refractivity contribution in [3.63, 3.8) is 0 Å². The smallest absolute Gasteiger partial charge is 0.141 e. The van der Waals surface area contributed by atoms with E-state index in [0.717, 1.165) is 24.6 Å². The van der Waals surface area contributed by atoms with Gasteiger partial charge in [-0.15, -0.1) is 0 Å². The average molecular weight is 250 g/mol. The molecule has 0 amide bonds. The van der Waals surface area contributed by atoms with Crippen LogP contribution in [-0.4, -0.2) is 11.5 Å². The summed E-state index contributed by atoms with van der Waals surface area (Å²) in [6.07, 6.45) is 9.24. The van der Waals surface area contributed by atoms with Crippen LogP contribution in [-0.2, 0) is 0 Å². The Kier molecular flexibility index (Phi) is 5.12. The first-order valence-corrected chi connectivity index (χ1v) is 7.14. The summed E-state index contributed by atoms with van der Waals surface area (Å²) in [4.78, 5) is 4.20. The zero-order chi connectivity index (χ0) is 12.8. The molecule has 0 saturated heterocycles. The van der Waals surface area contributed by atoms with Crippen LogP contribution in [0.4, 0.5) is 4.39 Å². The van der Waals surface area contributed by atoms with Crippen LogP contribution >= 0.6 is 0 Å². The molecule has 1 N–H and O–H groups in total. The Morgan fingerprint density at radius 1 is 1.39 bits per heavy atom. The van der Waals surface area contributed by atoms with Crippen molar-refractivity contribution < 1.29 is 4.39 Å². The first kappa shape index (κ1) is 13.5. The summed E-state index contributed by atoms with van der Waals surface area (Å²) in [5.74, 6) is 0.636. The zero-order valence-corrected chi connectivity index (χ0v) is 11.2. The van der Waals surface area contributed by atoms with Gasteiger partial charge in [0.2, 0.25) is 0 Å². The lowest BCUT2D eigenvalue weighted by Crippen LogP contribution is -2.22. The van der Waals surface area contributed by atoms with Crippen molar-refractivity contribution >= 4 is 0 Å². The first-order valence-electron chi connectivity index (χ1n) is 7.14. The van der Waals surface area contributed by atoms with E-state index in [1.165, 1.54) is 44.4 Å². The summed E-state index contributed by atoms with van der Waals surface area (Å²) in [6.45, 7) is 3.03. The number of rotatable bonds is 6. The first-order chi connectivity index (χ1) is 8.79. The van der Waals surface area contributed by atoms with Gasteiger partial charge in [0.05, 0.1) is 11.9 Å². The van der Waals surface area contributed by atoms with Gasteiger partial charge >= 0.3 is 0 Å². The molecule has 1 fully saturated rings. The molecule has 18 heavy (non-hydrogen) atoms. The molecule has 1 unspecified atom stereocenters. The monoisotopic (exact) mass is 250 g/mol. The number of hydrogen-bond donors (Lipinski definition) is 1. The minimum absolute atomic E-state index is 0.259. The van der Waals surface area contributed by atoms with Crippen molar-refractivity contribution in [2.24, 2.45) is 5.92 Å². The Morgan fingerprint density at radius 3 is 2.78 bits per heavy atom. The van der Waals surface area contributed by atoms with E-state index in [-0.39, 0.29) is 11.9 Å². The lowest BCUT2D eigenvalue weighted by atomic mass is 9.97. The van der Waals surface area contributed by atoms with Crippen LogP contribution in [0.2, 0.25) is 0 Å². The van der Waals surface area contributed by atoms with Gasteiger partial charge in [-0.1, -0.05) is 32.6 Å². The van der Waals surface area contributed by atoms with E-state index >= 15 is 0 Å². The Hall–Kier alpha value is -0.960. The Bertz CT molecular complexity index is 344. The van der Waals surface area contributed by atoms with Crippen LogP contribution in [0.15, 0.2) is 18.3 Å². The second-order valence-electron chi connectivity index (χ2n) is 5.24. The molecule has 2 nitrogen and oxygen atoms in total. The summed E-state index contributed by atoms with van der Waals surface area (Å²) in [5, 5.41) is 3.46. The minimum Gasteiger partial charge on any atom is -0.309 e. The van der Waals surface area contributed by atoms with E-state index in [1.54, 1.807) is 6.07 Å². The van der Waals surface area contributed by atoms with Crippen LogP contribution < -0.4 is 5.32 Å². The molecule has 0 spiro atoms. The maximum absolute atomic E-state index is 12.9. The lowest BCUT2D eigenvalue weighted by Gasteiger charge is -2.19. The summed E-state index contributed by atoms with van der Waals surface area (Å²) in [6, 6.07) is 3.58. The third-order valence-corrected chi connectivity index (χ3v) is 3.90. The van der Waals surface area contributed by atoms with Crippen molar-refractivity contribution in [2.45, 2.75) is 51.5 Å². The molecule has 0 bridgehead atoms. The molecule has 1 heterocycles. The lowest BCUT2D eigenvalue weighted by molar-refractivity contribution is 0.411. The molecule has 1 aromatic rings. The van der Waals surface area contributed by atoms with Gasteiger partial charge in [-0.3, -0.25) is 4.98 Å². The molecular weight excluding hydrogens is 227 g/mol. The van der Waals surface area contributed by atoms with Crippen LogP contribution in [0.25, 0.3) is 0 Å². The Morgan fingerprint density at radius 2 is 2.17 bits per heavy atom. The number of halogens is 1. The fourth-order valence-corrected chi connectivity index (χ4v) is 2.90. The van der Waals surface area contributed by atoms with Gasteiger partial charge in [0.15, 0.2) is 0 Å². The number of nitrogens with one attached hydrogen (secondary N) is 1. The summed E-state index contributed by atoms with van der Waals surface area (Å²) in [5.41, 5.74) is 0.969. The predicted octanol–water partition coefficient (Wildman–Crippen LogP) is 3.84. The third kappa shape index (κ3) is 3.77. The van der Waals surface area contributed by atoms with Crippen molar-refractivity contribution in [1.82, 2.24) is 10.3 Å². The molecule has 1 aliphatic rings. The fourth-order valence-electron chi connectivity index (χ4n) is 2.90. The number of hydrogen-bond acceptors (Lipinski definition) is 2. The van der Waals surface area contributed by atoms with Gasteiger partial charge in [-0.25, -0.2) is 4.39 Å². The molecule has 1 saturated carbocycles. The second-order valence-corrected chi connectivity index (χ2v) is 5.24. The highest BCUT2D eigenvalue weighted by atomic mass is 19.1. The van der Waals surface area contributed by atoms with Crippen LogP contribution in [0.1, 0.15) is 57.2 Å². The van der Waals surface area contributed by atoms with Crippen LogP contribution in [0.5, 0.6) is 0 Å². The Labute approximate surface area is 109 Å². The SMILES string of the molecule is CCNC(CCC1CCCC1)c1ccc(F)cn1. The topological polar surface area (TPSA) is 24.9 Å². The van der Waals surface area contributed by atoms with Crippen LogP contribution in [0, 0.1) is 11.7 Å². The number of aromatic nitrogens is 1. The molecule has 0 aromatic carbocycles. The minimum atomic E-state index is -0.259. The van der Waals surface area contributed by atoms with E-state index in [4.69, 9.17) is 0 Å². The van der Waals surface area contributed by atoms with E-state index < -0.39 is 0 Å². The predicted molar refractivity (Wildman–Crippen MR) is 71.8 cm³/mol. The van der Waals surface area contributed by atoms with E-state index in [9.17, 15) is 4.39 Å². The molecule has 3 heteroatoms. The fraction of sp³-hybridized carbons (Fsp3) is 0.667. The molecule has 1 aliphatic carbocycles. The van der Waals surface area contributed by atoms with E-state index in [2.05, 4.69) is 17.2 Å². The van der Waals surface area contributed by atoms with Crippen molar-refractivity contribution in [1.29, 1.82) is 0 Å². The second kappa shape index (κ2) is 6.83. The largest absolute Gasteiger partial charge is 0.309 e. The molecule has 100 valence electrons. The van der Waals surface area contributed by atoms with Crippen molar-refractivity contribution in [3.05, 3.63) is 29.8 Å². The molecule has 0 radical (unpaired) electrons.